The first kappa shape index (κ1) is 16.1. The van der Waals surface area contributed by atoms with Crippen LogP contribution in [0.3, 0.4) is 0 Å². The Morgan fingerprint density at radius 3 is 2.62 bits per heavy atom. The molecule has 0 spiro atoms. The molecule has 0 saturated carbocycles. The molecule has 0 bridgehead atoms. The molecule has 1 aromatic rings. The number of hydrogen-bond donors (Lipinski definition) is 2. The monoisotopic (exact) mass is 296 g/mol. The topological polar surface area (TPSA) is 52.4 Å². The highest BCUT2D eigenvalue weighted by Crippen LogP contribution is 2.18. The number of morpholine rings is 1. The van der Waals surface area contributed by atoms with Crippen molar-refractivity contribution in [3.8, 4) is 11.5 Å². The molecular weight excluding hydrogens is 270 g/mol. The molecule has 0 unspecified atom stereocenters. The Bertz CT molecular complexity index is 430. The smallest absolute Gasteiger partial charge is 0.137 e. The average molecular weight is 296 g/mol. The van der Waals surface area contributed by atoms with Gasteiger partial charge < -0.3 is 24.2 Å². The van der Waals surface area contributed by atoms with E-state index in [0.717, 1.165) is 18.8 Å². The van der Waals surface area contributed by atoms with Gasteiger partial charge in [0.25, 0.3) is 0 Å². The number of ether oxygens (including phenoxy) is 3. The Labute approximate surface area is 126 Å². The zero-order chi connectivity index (χ0) is 15.2. The van der Waals surface area contributed by atoms with Crippen molar-refractivity contribution in [3.05, 3.63) is 24.3 Å². The molecule has 5 nitrogen and oxygen atoms in total. The molecule has 1 aliphatic heterocycles. The summed E-state index contributed by atoms with van der Waals surface area (Å²) in [6, 6.07) is 7.42. The lowest BCUT2D eigenvalue weighted by Gasteiger charge is -2.33. The Morgan fingerprint density at radius 2 is 1.95 bits per heavy atom. The Kier molecular flexibility index (Phi) is 5.85. The number of methoxy groups -OCH3 is 1. The standard InChI is InChI=1S/C16H25NO4/c1-12-8-17(9-13(2)21-12)10-14(18)11-20-16-6-4-5-15(7-16)19-3/h4-7,12-14,18H,8-11H2,1-3H3/p+1/t12-,13-,14+/m1/s1. The van der Waals surface area contributed by atoms with Crippen molar-refractivity contribution in [1.29, 1.82) is 0 Å². The predicted molar refractivity (Wildman–Crippen MR) is 80.1 cm³/mol. The van der Waals surface area contributed by atoms with Gasteiger partial charge in [-0.3, -0.25) is 0 Å². The van der Waals surface area contributed by atoms with Gasteiger partial charge in [-0.25, -0.2) is 0 Å². The Hall–Kier alpha value is -1.30. The molecule has 118 valence electrons. The molecule has 0 amide bonds. The van der Waals surface area contributed by atoms with Crippen molar-refractivity contribution >= 4 is 0 Å². The number of rotatable bonds is 6. The third-order valence-corrected chi connectivity index (χ3v) is 3.62. The predicted octanol–water partition coefficient (Wildman–Crippen LogP) is 0.127. The fraction of sp³-hybridized carbons (Fsp3) is 0.625. The molecule has 3 atom stereocenters. The van der Waals surface area contributed by atoms with Crippen molar-refractivity contribution in [3.63, 3.8) is 0 Å². The summed E-state index contributed by atoms with van der Waals surface area (Å²) in [5, 5.41) is 10.1. The Morgan fingerprint density at radius 1 is 1.29 bits per heavy atom. The van der Waals surface area contributed by atoms with Crippen LogP contribution in [0, 0.1) is 0 Å². The van der Waals surface area contributed by atoms with Crippen LogP contribution in [0.4, 0.5) is 0 Å². The number of aliphatic hydroxyl groups excluding tert-OH is 1. The van der Waals surface area contributed by atoms with E-state index in [9.17, 15) is 5.11 Å². The molecule has 2 rings (SSSR count). The molecule has 1 aromatic carbocycles. The zero-order valence-corrected chi connectivity index (χ0v) is 13.0. The highest BCUT2D eigenvalue weighted by Gasteiger charge is 2.27. The maximum absolute atomic E-state index is 10.1. The molecule has 1 fully saturated rings. The summed E-state index contributed by atoms with van der Waals surface area (Å²) in [4.78, 5) is 1.36. The maximum Gasteiger partial charge on any atom is 0.137 e. The van der Waals surface area contributed by atoms with Gasteiger partial charge in [0.1, 0.15) is 56.1 Å². The highest BCUT2D eigenvalue weighted by atomic mass is 16.5. The summed E-state index contributed by atoms with van der Waals surface area (Å²) in [6.45, 7) is 6.99. The summed E-state index contributed by atoms with van der Waals surface area (Å²) in [6.07, 6.45) is 0.00852. The second kappa shape index (κ2) is 7.64. The SMILES string of the molecule is COc1cccc(OC[C@@H](O)C[NH+]2C[C@@H](C)O[C@H](C)C2)c1. The normalized spacial score (nSPS) is 27.1. The van der Waals surface area contributed by atoms with Gasteiger partial charge in [-0.1, -0.05) is 6.07 Å². The molecular formula is C16H26NO4+. The van der Waals surface area contributed by atoms with E-state index in [-0.39, 0.29) is 12.2 Å². The number of benzene rings is 1. The van der Waals surface area contributed by atoms with Crippen LogP contribution in [0.15, 0.2) is 24.3 Å². The van der Waals surface area contributed by atoms with E-state index >= 15 is 0 Å². The quantitative estimate of drug-likeness (QED) is 0.783. The van der Waals surface area contributed by atoms with E-state index < -0.39 is 6.10 Å². The third-order valence-electron chi connectivity index (χ3n) is 3.62. The summed E-state index contributed by atoms with van der Waals surface area (Å²) in [7, 11) is 1.62. The second-order valence-corrected chi connectivity index (χ2v) is 5.76. The van der Waals surface area contributed by atoms with E-state index in [1.165, 1.54) is 4.90 Å². The first-order valence-electron chi connectivity index (χ1n) is 7.50. The van der Waals surface area contributed by atoms with Gasteiger partial charge in [0.05, 0.1) is 7.11 Å². The first-order valence-corrected chi connectivity index (χ1v) is 7.50. The second-order valence-electron chi connectivity index (χ2n) is 5.76. The highest BCUT2D eigenvalue weighted by molar-refractivity contribution is 5.32. The van der Waals surface area contributed by atoms with Crippen molar-refractivity contribution in [1.82, 2.24) is 0 Å². The van der Waals surface area contributed by atoms with Crippen LogP contribution >= 0.6 is 0 Å². The molecule has 2 N–H and O–H groups in total. The van der Waals surface area contributed by atoms with Gasteiger partial charge in [0, 0.05) is 6.07 Å². The van der Waals surface area contributed by atoms with Crippen molar-refractivity contribution < 1.29 is 24.2 Å². The van der Waals surface area contributed by atoms with E-state index in [1.807, 2.05) is 24.3 Å². The lowest BCUT2D eigenvalue weighted by Crippen LogP contribution is -3.16. The van der Waals surface area contributed by atoms with Gasteiger partial charge in [-0.2, -0.15) is 0 Å². The summed E-state index contributed by atoms with van der Waals surface area (Å²) in [5.41, 5.74) is 0. The summed E-state index contributed by atoms with van der Waals surface area (Å²) < 4.78 is 16.5. The summed E-state index contributed by atoms with van der Waals surface area (Å²) in [5.74, 6) is 1.47. The fourth-order valence-corrected chi connectivity index (χ4v) is 2.83. The number of nitrogens with one attached hydrogen (secondary N) is 1. The van der Waals surface area contributed by atoms with Crippen molar-refractivity contribution in [2.75, 3.05) is 33.4 Å². The Balaban J connectivity index is 1.77. The van der Waals surface area contributed by atoms with Crippen LogP contribution < -0.4 is 14.4 Å². The molecule has 1 heterocycles. The van der Waals surface area contributed by atoms with Crippen molar-refractivity contribution in [2.24, 2.45) is 0 Å². The largest absolute Gasteiger partial charge is 0.497 e. The maximum atomic E-state index is 10.1. The zero-order valence-electron chi connectivity index (χ0n) is 13.0. The number of aliphatic hydroxyl groups is 1. The van der Waals surface area contributed by atoms with E-state index in [1.54, 1.807) is 7.11 Å². The van der Waals surface area contributed by atoms with E-state index in [4.69, 9.17) is 14.2 Å². The minimum atomic E-state index is -0.483. The van der Waals surface area contributed by atoms with Crippen LogP contribution in [0.5, 0.6) is 11.5 Å². The van der Waals surface area contributed by atoms with Crippen LogP contribution in [-0.4, -0.2) is 56.8 Å². The lowest BCUT2D eigenvalue weighted by atomic mass is 10.2. The molecule has 0 aromatic heterocycles. The minimum Gasteiger partial charge on any atom is -0.497 e. The van der Waals surface area contributed by atoms with Gasteiger partial charge in [-0.15, -0.1) is 0 Å². The molecule has 0 aliphatic carbocycles. The molecule has 1 saturated heterocycles. The molecule has 5 heteroatoms. The van der Waals surface area contributed by atoms with E-state index in [2.05, 4.69) is 13.8 Å². The summed E-state index contributed by atoms with van der Waals surface area (Å²) >= 11 is 0. The fourth-order valence-electron chi connectivity index (χ4n) is 2.83. The van der Waals surface area contributed by atoms with Crippen LogP contribution in [-0.2, 0) is 4.74 Å². The third kappa shape index (κ3) is 5.19. The molecule has 21 heavy (non-hydrogen) atoms. The first-order chi connectivity index (χ1) is 10.1. The minimum absolute atomic E-state index is 0.246. The average Bonchev–Trinajstić information content (AvgIpc) is 2.44. The van der Waals surface area contributed by atoms with Crippen LogP contribution in [0.25, 0.3) is 0 Å². The van der Waals surface area contributed by atoms with Crippen molar-refractivity contribution in [2.45, 2.75) is 32.2 Å². The lowest BCUT2D eigenvalue weighted by molar-refractivity contribution is -0.918. The van der Waals surface area contributed by atoms with Gasteiger partial charge in [0.2, 0.25) is 0 Å². The van der Waals surface area contributed by atoms with Gasteiger partial charge in [0.15, 0.2) is 0 Å². The number of hydrogen-bond acceptors (Lipinski definition) is 4. The molecule has 1 aliphatic rings. The van der Waals surface area contributed by atoms with Crippen LogP contribution in [0.1, 0.15) is 13.8 Å². The number of quaternary nitrogens is 1. The van der Waals surface area contributed by atoms with Gasteiger partial charge in [-0.05, 0) is 26.0 Å². The molecule has 0 radical (unpaired) electrons. The van der Waals surface area contributed by atoms with Crippen LogP contribution in [0.2, 0.25) is 0 Å². The van der Waals surface area contributed by atoms with E-state index in [0.29, 0.717) is 18.9 Å². The van der Waals surface area contributed by atoms with Gasteiger partial charge >= 0.3 is 0 Å².